The van der Waals surface area contributed by atoms with E-state index in [1.807, 2.05) is 23.1 Å². The number of nitrogens with zero attached hydrogens (tertiary/aromatic N) is 2. The highest BCUT2D eigenvalue weighted by atomic mass is 16.2. The normalized spacial score (nSPS) is 22.3. The molecule has 1 aromatic carbocycles. The number of carbonyl (C=O) groups is 2. The molecule has 4 heteroatoms. The maximum absolute atomic E-state index is 12.6. The predicted octanol–water partition coefficient (Wildman–Crippen LogP) is 2.67. The van der Waals surface area contributed by atoms with Crippen molar-refractivity contribution in [2.45, 2.75) is 39.5 Å². The SMILES string of the molecule is Cc1ccc(N2CC(C(=O)N3CCCCC3)CC2=O)cc1C. The van der Waals surface area contributed by atoms with E-state index in [2.05, 4.69) is 13.8 Å². The lowest BCUT2D eigenvalue weighted by Crippen LogP contribution is -2.40. The Balaban J connectivity index is 1.72. The van der Waals surface area contributed by atoms with E-state index in [1.165, 1.54) is 17.5 Å². The van der Waals surface area contributed by atoms with Crippen LogP contribution in [0.5, 0.6) is 0 Å². The Kier molecular flexibility index (Phi) is 4.19. The number of likely N-dealkylation sites (tertiary alicyclic amines) is 1. The predicted molar refractivity (Wildman–Crippen MR) is 86.8 cm³/mol. The van der Waals surface area contributed by atoms with Crippen molar-refractivity contribution in [3.8, 4) is 0 Å². The zero-order valence-corrected chi connectivity index (χ0v) is 13.5. The first-order valence-electron chi connectivity index (χ1n) is 8.22. The number of carbonyl (C=O) groups excluding carboxylic acids is 2. The third-order valence-electron chi connectivity index (χ3n) is 4.94. The van der Waals surface area contributed by atoms with Gasteiger partial charge in [0.1, 0.15) is 0 Å². The third kappa shape index (κ3) is 2.87. The molecule has 0 N–H and O–H groups in total. The monoisotopic (exact) mass is 300 g/mol. The molecule has 2 amide bonds. The second-order valence-corrected chi connectivity index (χ2v) is 6.56. The van der Waals surface area contributed by atoms with Gasteiger partial charge in [0.25, 0.3) is 0 Å². The fourth-order valence-corrected chi connectivity index (χ4v) is 3.39. The minimum Gasteiger partial charge on any atom is -0.342 e. The van der Waals surface area contributed by atoms with Gasteiger partial charge in [-0.15, -0.1) is 0 Å². The number of rotatable bonds is 2. The second-order valence-electron chi connectivity index (χ2n) is 6.56. The lowest BCUT2D eigenvalue weighted by Gasteiger charge is -2.29. The number of hydrogen-bond acceptors (Lipinski definition) is 2. The Morgan fingerprint density at radius 2 is 1.82 bits per heavy atom. The summed E-state index contributed by atoms with van der Waals surface area (Å²) in [5, 5.41) is 0. The van der Waals surface area contributed by atoms with Crippen LogP contribution in [-0.4, -0.2) is 36.3 Å². The van der Waals surface area contributed by atoms with Gasteiger partial charge in [-0.1, -0.05) is 6.07 Å². The van der Waals surface area contributed by atoms with Gasteiger partial charge in [0.15, 0.2) is 0 Å². The number of amides is 2. The van der Waals surface area contributed by atoms with E-state index in [9.17, 15) is 9.59 Å². The molecule has 0 aromatic heterocycles. The number of piperidine rings is 1. The number of benzene rings is 1. The summed E-state index contributed by atoms with van der Waals surface area (Å²) in [6, 6.07) is 6.06. The molecule has 1 aromatic rings. The van der Waals surface area contributed by atoms with Crippen LogP contribution in [0.2, 0.25) is 0 Å². The second kappa shape index (κ2) is 6.11. The maximum Gasteiger partial charge on any atom is 0.228 e. The van der Waals surface area contributed by atoms with Crippen LogP contribution in [0, 0.1) is 19.8 Å². The average molecular weight is 300 g/mol. The van der Waals surface area contributed by atoms with Gasteiger partial charge in [0.05, 0.1) is 5.92 Å². The standard InChI is InChI=1S/C18H24N2O2/c1-13-6-7-16(10-14(13)2)20-12-15(11-17(20)21)18(22)19-8-4-3-5-9-19/h6-7,10,15H,3-5,8-9,11-12H2,1-2H3. The van der Waals surface area contributed by atoms with E-state index < -0.39 is 0 Å². The summed E-state index contributed by atoms with van der Waals surface area (Å²) in [5.74, 6) is 0.0604. The van der Waals surface area contributed by atoms with Gasteiger partial charge in [-0.05, 0) is 56.4 Å². The van der Waals surface area contributed by atoms with Crippen molar-refractivity contribution >= 4 is 17.5 Å². The Labute approximate surface area is 132 Å². The van der Waals surface area contributed by atoms with Gasteiger partial charge in [-0.2, -0.15) is 0 Å². The Hall–Kier alpha value is -1.84. The molecule has 0 aliphatic carbocycles. The molecular formula is C18H24N2O2. The van der Waals surface area contributed by atoms with Crippen LogP contribution in [0.15, 0.2) is 18.2 Å². The van der Waals surface area contributed by atoms with E-state index in [1.54, 1.807) is 4.90 Å². The van der Waals surface area contributed by atoms with Crippen LogP contribution in [0.3, 0.4) is 0 Å². The minimum absolute atomic E-state index is 0.0682. The first-order valence-corrected chi connectivity index (χ1v) is 8.22. The Bertz CT molecular complexity index is 591. The smallest absolute Gasteiger partial charge is 0.228 e. The van der Waals surface area contributed by atoms with Gasteiger partial charge in [0, 0.05) is 31.7 Å². The van der Waals surface area contributed by atoms with Crippen LogP contribution in [0.4, 0.5) is 5.69 Å². The molecule has 22 heavy (non-hydrogen) atoms. The third-order valence-corrected chi connectivity index (χ3v) is 4.94. The summed E-state index contributed by atoms with van der Waals surface area (Å²) in [7, 11) is 0. The molecule has 2 heterocycles. The van der Waals surface area contributed by atoms with E-state index >= 15 is 0 Å². The topological polar surface area (TPSA) is 40.6 Å². The number of aryl methyl sites for hydroxylation is 2. The van der Waals surface area contributed by atoms with Gasteiger partial charge >= 0.3 is 0 Å². The van der Waals surface area contributed by atoms with Gasteiger partial charge in [-0.25, -0.2) is 0 Å². The van der Waals surface area contributed by atoms with E-state index in [4.69, 9.17) is 0 Å². The maximum atomic E-state index is 12.6. The summed E-state index contributed by atoms with van der Waals surface area (Å²) in [6.45, 7) is 6.35. The zero-order valence-electron chi connectivity index (χ0n) is 13.5. The molecule has 3 rings (SSSR count). The fourth-order valence-electron chi connectivity index (χ4n) is 3.39. The van der Waals surface area contributed by atoms with Gasteiger partial charge in [-0.3, -0.25) is 9.59 Å². The first kappa shape index (κ1) is 15.1. The molecule has 1 unspecified atom stereocenters. The number of anilines is 1. The molecule has 2 aliphatic rings. The van der Waals surface area contributed by atoms with E-state index in [0.29, 0.717) is 13.0 Å². The van der Waals surface area contributed by atoms with Gasteiger partial charge < -0.3 is 9.80 Å². The summed E-state index contributed by atoms with van der Waals surface area (Å²) < 4.78 is 0. The fraction of sp³-hybridized carbons (Fsp3) is 0.556. The summed E-state index contributed by atoms with van der Waals surface area (Å²) in [5.41, 5.74) is 3.31. The highest BCUT2D eigenvalue weighted by molar-refractivity contribution is 6.00. The zero-order chi connectivity index (χ0) is 15.7. The van der Waals surface area contributed by atoms with E-state index in [-0.39, 0.29) is 17.7 Å². The summed E-state index contributed by atoms with van der Waals surface area (Å²) in [4.78, 5) is 28.6. The molecule has 1 atom stereocenters. The first-order chi connectivity index (χ1) is 10.6. The molecule has 0 bridgehead atoms. The molecule has 2 fully saturated rings. The Morgan fingerprint density at radius 3 is 2.50 bits per heavy atom. The highest BCUT2D eigenvalue weighted by Gasteiger charge is 2.37. The summed E-state index contributed by atoms with van der Waals surface area (Å²) >= 11 is 0. The molecule has 2 saturated heterocycles. The Morgan fingerprint density at radius 1 is 1.09 bits per heavy atom. The quantitative estimate of drug-likeness (QED) is 0.842. The lowest BCUT2D eigenvalue weighted by molar-refractivity contribution is -0.136. The molecule has 0 saturated carbocycles. The van der Waals surface area contributed by atoms with Crippen molar-refractivity contribution in [1.82, 2.24) is 4.90 Å². The molecule has 2 aliphatic heterocycles. The van der Waals surface area contributed by atoms with Crippen molar-refractivity contribution in [1.29, 1.82) is 0 Å². The molecule has 0 spiro atoms. The molecule has 4 nitrogen and oxygen atoms in total. The van der Waals surface area contributed by atoms with Crippen molar-refractivity contribution in [3.05, 3.63) is 29.3 Å². The van der Waals surface area contributed by atoms with Crippen LogP contribution in [-0.2, 0) is 9.59 Å². The van der Waals surface area contributed by atoms with Crippen molar-refractivity contribution in [2.75, 3.05) is 24.5 Å². The minimum atomic E-state index is -0.174. The lowest BCUT2D eigenvalue weighted by atomic mass is 10.0. The van der Waals surface area contributed by atoms with E-state index in [0.717, 1.165) is 31.6 Å². The number of hydrogen-bond donors (Lipinski definition) is 0. The van der Waals surface area contributed by atoms with Crippen molar-refractivity contribution in [2.24, 2.45) is 5.92 Å². The van der Waals surface area contributed by atoms with Crippen LogP contribution >= 0.6 is 0 Å². The van der Waals surface area contributed by atoms with Gasteiger partial charge in [0.2, 0.25) is 11.8 Å². The summed E-state index contributed by atoms with van der Waals surface area (Å²) in [6.07, 6.45) is 3.74. The van der Waals surface area contributed by atoms with Crippen molar-refractivity contribution < 1.29 is 9.59 Å². The van der Waals surface area contributed by atoms with Crippen LogP contribution in [0.25, 0.3) is 0 Å². The highest BCUT2D eigenvalue weighted by Crippen LogP contribution is 2.28. The van der Waals surface area contributed by atoms with Crippen LogP contribution in [0.1, 0.15) is 36.8 Å². The largest absolute Gasteiger partial charge is 0.342 e. The van der Waals surface area contributed by atoms with Crippen molar-refractivity contribution in [3.63, 3.8) is 0 Å². The molecular weight excluding hydrogens is 276 g/mol. The van der Waals surface area contributed by atoms with Crippen LogP contribution < -0.4 is 4.90 Å². The molecule has 0 radical (unpaired) electrons. The average Bonchev–Trinajstić information content (AvgIpc) is 2.92. The molecule has 118 valence electrons.